The number of para-hydroxylation sites is 3. The lowest BCUT2D eigenvalue weighted by atomic mass is 10.3. The van der Waals surface area contributed by atoms with E-state index in [1.807, 2.05) is 59.2 Å². The Morgan fingerprint density at radius 1 is 0.913 bits per heavy atom. The van der Waals surface area contributed by atoms with Gasteiger partial charge in [0.2, 0.25) is 0 Å². The average molecular weight is 306 g/mol. The normalized spacial score (nSPS) is 11.2. The smallest absolute Gasteiger partial charge is 0.176 e. The van der Waals surface area contributed by atoms with Gasteiger partial charge in [-0.3, -0.25) is 0 Å². The average Bonchev–Trinajstić information content (AvgIpc) is 3.21. The Morgan fingerprint density at radius 2 is 1.70 bits per heavy atom. The minimum absolute atomic E-state index is 0.137. The first-order valence-electron chi connectivity index (χ1n) is 7.24. The summed E-state index contributed by atoms with van der Waals surface area (Å²) in [5.74, 6) is 1.27. The van der Waals surface area contributed by atoms with Gasteiger partial charge in [-0.1, -0.05) is 30.3 Å². The number of nitrogens with zero attached hydrogens (tertiary/aromatic N) is 6. The summed E-state index contributed by atoms with van der Waals surface area (Å²) < 4.78 is 3.62. The summed E-state index contributed by atoms with van der Waals surface area (Å²) in [4.78, 5) is 4.45. The third-order valence-electron chi connectivity index (χ3n) is 3.71. The van der Waals surface area contributed by atoms with Crippen LogP contribution in [0.15, 0.2) is 54.6 Å². The van der Waals surface area contributed by atoms with Crippen molar-refractivity contribution in [1.29, 1.82) is 0 Å². The summed E-state index contributed by atoms with van der Waals surface area (Å²) in [5.41, 5.74) is 2.68. The second kappa shape index (κ2) is 5.62. The van der Waals surface area contributed by atoms with E-state index in [0.717, 1.165) is 16.7 Å². The molecule has 4 rings (SSSR count). The number of tetrazole rings is 1. The van der Waals surface area contributed by atoms with Gasteiger partial charge in [-0.15, -0.1) is 5.10 Å². The van der Waals surface area contributed by atoms with E-state index in [2.05, 4.69) is 20.5 Å². The first-order chi connectivity index (χ1) is 11.4. The Balaban J connectivity index is 1.79. The standard InChI is InChI=1S/C16H14N6O/c23-11-16-17-13-8-4-5-9-14(13)21(16)10-15-18-19-20-22(15)12-6-2-1-3-7-12/h1-9,23H,10-11H2. The van der Waals surface area contributed by atoms with Crippen LogP contribution >= 0.6 is 0 Å². The molecule has 0 bridgehead atoms. The van der Waals surface area contributed by atoms with Crippen LogP contribution in [0.2, 0.25) is 0 Å². The van der Waals surface area contributed by atoms with Crippen LogP contribution in [0, 0.1) is 0 Å². The van der Waals surface area contributed by atoms with Crippen LogP contribution in [0.25, 0.3) is 16.7 Å². The molecule has 0 saturated heterocycles. The highest BCUT2D eigenvalue weighted by Crippen LogP contribution is 2.18. The molecule has 0 aliphatic rings. The number of aliphatic hydroxyl groups excluding tert-OH is 1. The first kappa shape index (κ1) is 13.6. The highest BCUT2D eigenvalue weighted by Gasteiger charge is 2.14. The van der Waals surface area contributed by atoms with E-state index in [4.69, 9.17) is 0 Å². The summed E-state index contributed by atoms with van der Waals surface area (Å²) >= 11 is 0. The maximum Gasteiger partial charge on any atom is 0.176 e. The summed E-state index contributed by atoms with van der Waals surface area (Å²) in [6.07, 6.45) is 0. The maximum absolute atomic E-state index is 9.59. The summed E-state index contributed by atoms with van der Waals surface area (Å²) in [7, 11) is 0. The molecule has 0 unspecified atom stereocenters. The van der Waals surface area contributed by atoms with Crippen LogP contribution in [0.5, 0.6) is 0 Å². The van der Waals surface area contributed by atoms with Crippen molar-refractivity contribution in [2.45, 2.75) is 13.2 Å². The minimum Gasteiger partial charge on any atom is -0.388 e. The van der Waals surface area contributed by atoms with E-state index in [0.29, 0.717) is 18.2 Å². The zero-order valence-corrected chi connectivity index (χ0v) is 12.2. The Hall–Kier alpha value is -3.06. The number of imidazole rings is 1. The van der Waals surface area contributed by atoms with Gasteiger partial charge in [-0.25, -0.2) is 4.98 Å². The molecule has 114 valence electrons. The van der Waals surface area contributed by atoms with Gasteiger partial charge in [-0.05, 0) is 34.7 Å². The zero-order valence-electron chi connectivity index (χ0n) is 12.2. The number of hydrogen-bond acceptors (Lipinski definition) is 5. The van der Waals surface area contributed by atoms with Crippen molar-refractivity contribution in [1.82, 2.24) is 29.8 Å². The van der Waals surface area contributed by atoms with E-state index >= 15 is 0 Å². The van der Waals surface area contributed by atoms with Gasteiger partial charge in [0.05, 0.1) is 23.3 Å². The number of aliphatic hydroxyl groups is 1. The molecule has 0 aliphatic carbocycles. The van der Waals surface area contributed by atoms with Crippen molar-refractivity contribution < 1.29 is 5.11 Å². The summed E-state index contributed by atoms with van der Waals surface area (Å²) in [5, 5.41) is 21.6. The molecular weight excluding hydrogens is 292 g/mol. The number of hydrogen-bond donors (Lipinski definition) is 1. The van der Waals surface area contributed by atoms with E-state index in [9.17, 15) is 5.11 Å². The van der Waals surface area contributed by atoms with Gasteiger partial charge in [-0.2, -0.15) is 4.68 Å². The Bertz CT molecular complexity index is 944. The van der Waals surface area contributed by atoms with E-state index in [-0.39, 0.29) is 6.61 Å². The molecule has 1 N–H and O–H groups in total. The monoisotopic (exact) mass is 306 g/mol. The molecule has 23 heavy (non-hydrogen) atoms. The van der Waals surface area contributed by atoms with E-state index in [1.165, 1.54) is 0 Å². The quantitative estimate of drug-likeness (QED) is 0.618. The molecule has 2 heterocycles. The van der Waals surface area contributed by atoms with Crippen LogP contribution in [-0.2, 0) is 13.2 Å². The van der Waals surface area contributed by atoms with Gasteiger partial charge in [0.1, 0.15) is 12.4 Å². The van der Waals surface area contributed by atoms with Crippen molar-refractivity contribution in [2.75, 3.05) is 0 Å². The first-order valence-corrected chi connectivity index (χ1v) is 7.24. The predicted octanol–water partition coefficient (Wildman–Crippen LogP) is 1.55. The van der Waals surface area contributed by atoms with Crippen molar-refractivity contribution in [3.63, 3.8) is 0 Å². The second-order valence-corrected chi connectivity index (χ2v) is 5.10. The lowest BCUT2D eigenvalue weighted by Gasteiger charge is -2.08. The van der Waals surface area contributed by atoms with Gasteiger partial charge < -0.3 is 9.67 Å². The largest absolute Gasteiger partial charge is 0.388 e. The lowest BCUT2D eigenvalue weighted by Crippen LogP contribution is -2.11. The van der Waals surface area contributed by atoms with E-state index < -0.39 is 0 Å². The van der Waals surface area contributed by atoms with Crippen LogP contribution < -0.4 is 0 Å². The highest BCUT2D eigenvalue weighted by molar-refractivity contribution is 5.75. The summed E-state index contributed by atoms with van der Waals surface area (Å²) in [6, 6.07) is 17.5. The highest BCUT2D eigenvalue weighted by atomic mass is 16.3. The van der Waals surface area contributed by atoms with Gasteiger partial charge in [0.25, 0.3) is 0 Å². The Kier molecular flexibility index (Phi) is 3.32. The van der Waals surface area contributed by atoms with E-state index in [1.54, 1.807) is 4.68 Å². The fourth-order valence-electron chi connectivity index (χ4n) is 2.64. The van der Waals surface area contributed by atoms with Crippen LogP contribution in [-0.4, -0.2) is 34.9 Å². The van der Waals surface area contributed by atoms with Crippen LogP contribution in [0.3, 0.4) is 0 Å². The molecular formula is C16H14N6O. The van der Waals surface area contributed by atoms with Gasteiger partial charge >= 0.3 is 0 Å². The minimum atomic E-state index is -0.137. The van der Waals surface area contributed by atoms with Crippen LogP contribution in [0.4, 0.5) is 0 Å². The molecule has 0 spiro atoms. The SMILES string of the molecule is OCc1nc2ccccc2n1Cc1nnnn1-c1ccccc1. The van der Waals surface area contributed by atoms with Crippen molar-refractivity contribution in [3.05, 3.63) is 66.2 Å². The third kappa shape index (κ3) is 2.36. The third-order valence-corrected chi connectivity index (χ3v) is 3.71. The molecule has 4 aromatic rings. The predicted molar refractivity (Wildman–Crippen MR) is 83.9 cm³/mol. The Labute approximate surface area is 131 Å². The second-order valence-electron chi connectivity index (χ2n) is 5.10. The van der Waals surface area contributed by atoms with Crippen molar-refractivity contribution >= 4 is 11.0 Å². The fraction of sp³-hybridized carbons (Fsp3) is 0.125. The molecule has 2 aromatic carbocycles. The van der Waals surface area contributed by atoms with Crippen molar-refractivity contribution in [2.24, 2.45) is 0 Å². The molecule has 0 radical (unpaired) electrons. The molecule has 0 saturated carbocycles. The number of rotatable bonds is 4. The molecule has 0 aliphatic heterocycles. The number of benzene rings is 2. The molecule has 0 amide bonds. The fourth-order valence-corrected chi connectivity index (χ4v) is 2.64. The van der Waals surface area contributed by atoms with Gasteiger partial charge in [0.15, 0.2) is 5.82 Å². The summed E-state index contributed by atoms with van der Waals surface area (Å²) in [6.45, 7) is 0.292. The molecule has 7 nitrogen and oxygen atoms in total. The molecule has 7 heteroatoms. The zero-order chi connectivity index (χ0) is 15.6. The molecule has 0 atom stereocenters. The number of fused-ring (bicyclic) bond motifs is 1. The van der Waals surface area contributed by atoms with Crippen molar-refractivity contribution in [3.8, 4) is 5.69 Å². The topological polar surface area (TPSA) is 81.7 Å². The molecule has 0 fully saturated rings. The van der Waals surface area contributed by atoms with Crippen LogP contribution in [0.1, 0.15) is 11.6 Å². The Morgan fingerprint density at radius 3 is 2.52 bits per heavy atom. The number of aromatic nitrogens is 6. The lowest BCUT2D eigenvalue weighted by molar-refractivity contribution is 0.266. The van der Waals surface area contributed by atoms with Gasteiger partial charge in [0, 0.05) is 0 Å². The maximum atomic E-state index is 9.59. The molecule has 2 aromatic heterocycles.